The zero-order valence-corrected chi connectivity index (χ0v) is 12.4. The molecule has 1 aromatic carbocycles. The summed E-state index contributed by atoms with van der Waals surface area (Å²) < 4.78 is 31.1. The van der Waals surface area contributed by atoms with Crippen LogP contribution in [0.1, 0.15) is 19.8 Å². The van der Waals surface area contributed by atoms with Crippen LogP contribution in [-0.2, 0) is 10.0 Å². The lowest BCUT2D eigenvalue weighted by atomic mass is 10.2. The van der Waals surface area contributed by atoms with E-state index in [-0.39, 0.29) is 12.4 Å². The molecule has 0 radical (unpaired) electrons. The number of hydrogen-bond donors (Lipinski definition) is 3. The van der Waals surface area contributed by atoms with Gasteiger partial charge in [-0.05, 0) is 31.9 Å². The molecule has 0 saturated heterocycles. The van der Waals surface area contributed by atoms with Crippen molar-refractivity contribution in [2.75, 3.05) is 24.6 Å². The molecule has 1 aromatic rings. The Labute approximate surface area is 120 Å². The second kappa shape index (κ2) is 8.08. The van der Waals surface area contributed by atoms with Crippen LogP contribution in [0.3, 0.4) is 0 Å². The van der Waals surface area contributed by atoms with Crippen LogP contribution >= 0.6 is 0 Å². The molecule has 0 spiro atoms. The molecule has 0 heterocycles. The predicted octanol–water partition coefficient (Wildman–Crippen LogP) is 0.728. The number of ether oxygens (including phenoxy) is 1. The van der Waals surface area contributed by atoms with E-state index in [1.165, 1.54) is 0 Å². The van der Waals surface area contributed by atoms with Crippen molar-refractivity contribution in [2.45, 2.75) is 25.9 Å². The fraction of sp³-hybridized carbons (Fsp3) is 0.538. The Hall–Kier alpha value is -1.31. The van der Waals surface area contributed by atoms with Crippen LogP contribution < -0.4 is 15.2 Å². The van der Waals surface area contributed by atoms with Gasteiger partial charge in [0, 0.05) is 6.54 Å². The van der Waals surface area contributed by atoms with Gasteiger partial charge in [-0.2, -0.15) is 0 Å². The molecule has 0 aromatic heterocycles. The van der Waals surface area contributed by atoms with Crippen molar-refractivity contribution in [1.29, 1.82) is 0 Å². The van der Waals surface area contributed by atoms with E-state index in [1.54, 1.807) is 31.2 Å². The van der Waals surface area contributed by atoms with Crippen molar-refractivity contribution in [3.63, 3.8) is 0 Å². The molecule has 1 rings (SSSR count). The number of anilines is 1. The van der Waals surface area contributed by atoms with Gasteiger partial charge < -0.3 is 15.6 Å². The summed E-state index contributed by atoms with van der Waals surface area (Å²) >= 11 is 0. The van der Waals surface area contributed by atoms with Gasteiger partial charge in [0.15, 0.2) is 0 Å². The number of benzene rings is 1. The van der Waals surface area contributed by atoms with E-state index in [9.17, 15) is 8.42 Å². The largest absolute Gasteiger partial charge is 0.490 e. The van der Waals surface area contributed by atoms with Crippen LogP contribution in [0.25, 0.3) is 0 Å². The van der Waals surface area contributed by atoms with Gasteiger partial charge in [0.1, 0.15) is 12.4 Å². The number of nitrogens with two attached hydrogens (primary N) is 1. The first kappa shape index (κ1) is 16.7. The molecule has 0 bridgehead atoms. The Morgan fingerprint density at radius 3 is 2.75 bits per heavy atom. The maximum Gasteiger partial charge on any atom is 0.214 e. The molecule has 6 nitrogen and oxygen atoms in total. The van der Waals surface area contributed by atoms with E-state index in [4.69, 9.17) is 15.6 Å². The molecule has 0 fully saturated rings. The Morgan fingerprint density at radius 2 is 2.10 bits per heavy atom. The molecule has 4 N–H and O–H groups in total. The average molecular weight is 302 g/mol. The lowest BCUT2D eigenvalue weighted by Gasteiger charge is -2.10. The van der Waals surface area contributed by atoms with Gasteiger partial charge in [-0.3, -0.25) is 0 Å². The highest BCUT2D eigenvalue weighted by molar-refractivity contribution is 7.89. The second-order valence-corrected chi connectivity index (χ2v) is 6.52. The molecule has 1 unspecified atom stereocenters. The molecule has 0 saturated carbocycles. The molecule has 0 aliphatic rings. The summed E-state index contributed by atoms with van der Waals surface area (Å²) in [6.07, 6.45) is 0.757. The topological polar surface area (TPSA) is 102 Å². The number of nitrogen functional groups attached to an aromatic ring is 1. The molecular formula is C13H22N2O4S. The Kier molecular flexibility index (Phi) is 6.77. The van der Waals surface area contributed by atoms with Crippen molar-refractivity contribution in [3.8, 4) is 5.75 Å². The van der Waals surface area contributed by atoms with Crippen molar-refractivity contribution < 1.29 is 18.3 Å². The highest BCUT2D eigenvalue weighted by atomic mass is 32.2. The zero-order chi connectivity index (χ0) is 15.0. The number of para-hydroxylation sites is 2. The van der Waals surface area contributed by atoms with Crippen LogP contribution in [0.15, 0.2) is 24.3 Å². The molecule has 114 valence electrons. The van der Waals surface area contributed by atoms with E-state index < -0.39 is 16.1 Å². The van der Waals surface area contributed by atoms with E-state index in [0.29, 0.717) is 30.8 Å². The SMILES string of the molecule is CC(O)CCCNS(=O)(=O)CCOc1ccccc1N. The minimum atomic E-state index is -3.36. The van der Waals surface area contributed by atoms with Crippen molar-refractivity contribution in [2.24, 2.45) is 0 Å². The minimum Gasteiger partial charge on any atom is -0.490 e. The standard InChI is InChI=1S/C13H22N2O4S/c1-11(16)5-4-8-15-20(17,18)10-9-19-13-7-3-2-6-12(13)14/h2-3,6-7,11,15-16H,4-5,8-10,14H2,1H3. The molecule has 0 aliphatic carbocycles. The fourth-order valence-electron chi connectivity index (χ4n) is 1.57. The van der Waals surface area contributed by atoms with Gasteiger partial charge in [-0.15, -0.1) is 0 Å². The Balaban J connectivity index is 2.28. The monoisotopic (exact) mass is 302 g/mol. The van der Waals surface area contributed by atoms with Gasteiger partial charge in [0.2, 0.25) is 10.0 Å². The summed E-state index contributed by atoms with van der Waals surface area (Å²) in [7, 11) is -3.36. The van der Waals surface area contributed by atoms with Gasteiger partial charge in [-0.1, -0.05) is 12.1 Å². The van der Waals surface area contributed by atoms with E-state index in [1.807, 2.05) is 0 Å². The highest BCUT2D eigenvalue weighted by Crippen LogP contribution is 2.19. The number of rotatable bonds is 9. The number of nitrogens with one attached hydrogen (secondary N) is 1. The maximum absolute atomic E-state index is 11.7. The van der Waals surface area contributed by atoms with Crippen LogP contribution in [0.5, 0.6) is 5.75 Å². The summed E-state index contributed by atoms with van der Waals surface area (Å²) in [4.78, 5) is 0. The number of aliphatic hydroxyl groups is 1. The van der Waals surface area contributed by atoms with Gasteiger partial charge in [0.05, 0.1) is 17.5 Å². The van der Waals surface area contributed by atoms with Crippen molar-refractivity contribution >= 4 is 15.7 Å². The quantitative estimate of drug-likeness (QED) is 0.461. The summed E-state index contributed by atoms with van der Waals surface area (Å²) in [6.45, 7) is 2.03. The van der Waals surface area contributed by atoms with Gasteiger partial charge in [0.25, 0.3) is 0 Å². The van der Waals surface area contributed by atoms with Crippen LogP contribution in [0, 0.1) is 0 Å². The van der Waals surface area contributed by atoms with E-state index in [2.05, 4.69) is 4.72 Å². The normalized spacial score (nSPS) is 13.1. The zero-order valence-electron chi connectivity index (χ0n) is 11.6. The van der Waals surface area contributed by atoms with E-state index >= 15 is 0 Å². The fourth-order valence-corrected chi connectivity index (χ4v) is 2.47. The summed E-state index contributed by atoms with van der Waals surface area (Å²) in [5, 5.41) is 9.07. The third-order valence-electron chi connectivity index (χ3n) is 2.65. The Bertz CT molecular complexity index is 503. The molecule has 0 amide bonds. The predicted molar refractivity (Wildman–Crippen MR) is 79.1 cm³/mol. The third kappa shape index (κ3) is 6.74. The molecule has 1 atom stereocenters. The molecule has 0 aliphatic heterocycles. The number of hydrogen-bond acceptors (Lipinski definition) is 5. The van der Waals surface area contributed by atoms with Crippen LogP contribution in [0.2, 0.25) is 0 Å². The average Bonchev–Trinajstić information content (AvgIpc) is 2.37. The smallest absolute Gasteiger partial charge is 0.214 e. The van der Waals surface area contributed by atoms with Gasteiger partial charge >= 0.3 is 0 Å². The minimum absolute atomic E-state index is 0.0416. The summed E-state index contributed by atoms with van der Waals surface area (Å²) in [6, 6.07) is 6.94. The summed E-state index contributed by atoms with van der Waals surface area (Å²) in [5.41, 5.74) is 6.16. The maximum atomic E-state index is 11.7. The van der Waals surface area contributed by atoms with Crippen LogP contribution in [-0.4, -0.2) is 38.5 Å². The third-order valence-corrected chi connectivity index (χ3v) is 4.00. The van der Waals surface area contributed by atoms with E-state index in [0.717, 1.165) is 0 Å². The van der Waals surface area contributed by atoms with Gasteiger partial charge in [-0.25, -0.2) is 13.1 Å². The Morgan fingerprint density at radius 1 is 1.40 bits per heavy atom. The second-order valence-electron chi connectivity index (χ2n) is 4.59. The first-order chi connectivity index (χ1) is 9.41. The first-order valence-electron chi connectivity index (χ1n) is 6.53. The molecule has 20 heavy (non-hydrogen) atoms. The lowest BCUT2D eigenvalue weighted by molar-refractivity contribution is 0.182. The first-order valence-corrected chi connectivity index (χ1v) is 8.18. The van der Waals surface area contributed by atoms with Crippen molar-refractivity contribution in [3.05, 3.63) is 24.3 Å². The molecular weight excluding hydrogens is 280 g/mol. The van der Waals surface area contributed by atoms with Crippen molar-refractivity contribution in [1.82, 2.24) is 4.72 Å². The van der Waals surface area contributed by atoms with Crippen LogP contribution in [0.4, 0.5) is 5.69 Å². The lowest BCUT2D eigenvalue weighted by Crippen LogP contribution is -2.30. The molecule has 7 heteroatoms. The number of aliphatic hydroxyl groups excluding tert-OH is 1. The number of sulfonamides is 1. The summed E-state index contributed by atoms with van der Waals surface area (Å²) in [5.74, 6) is 0.354. The highest BCUT2D eigenvalue weighted by Gasteiger charge is 2.10.